The molecule has 3 heterocycles. The molecule has 0 spiro atoms. The van der Waals surface area contributed by atoms with Gasteiger partial charge in [-0.05, 0) is 33.1 Å². The molecule has 0 aliphatic carbocycles. The molecule has 3 rings (SSSR count). The largest absolute Gasteiger partial charge is 0.481 e. The quantitative estimate of drug-likeness (QED) is 0.0221. The van der Waals surface area contributed by atoms with Crippen LogP contribution in [0.5, 0.6) is 0 Å². The summed E-state index contributed by atoms with van der Waals surface area (Å²) >= 11 is 1.87. The summed E-state index contributed by atoms with van der Waals surface area (Å²) in [7, 11) is 0. The summed E-state index contributed by atoms with van der Waals surface area (Å²) in [5.74, 6) is -4.05. The zero-order valence-electron chi connectivity index (χ0n) is 37.6. The summed E-state index contributed by atoms with van der Waals surface area (Å²) < 4.78 is 33.1. The van der Waals surface area contributed by atoms with Gasteiger partial charge in [-0.1, -0.05) is 6.42 Å². The molecule has 0 saturated carbocycles. The number of ether oxygens (including phenoxy) is 6. The number of aliphatic hydroxyl groups excluding tert-OH is 2. The number of carboxylic acids is 1. The number of carboxylic acid groups (broad SMARTS) is 1. The Morgan fingerprint density at radius 3 is 2.11 bits per heavy atom. The molecule has 25 nitrogen and oxygen atoms in total. The monoisotopic (exact) mass is 964 g/mol. The van der Waals surface area contributed by atoms with E-state index in [1.54, 1.807) is 0 Å². The molecule has 3 saturated heterocycles. The van der Waals surface area contributed by atoms with Gasteiger partial charge in [0.25, 0.3) is 0 Å². The zero-order valence-corrected chi connectivity index (χ0v) is 38.4. The number of hydrogen-bond donors (Lipinski definition) is 11. The maximum absolute atomic E-state index is 13.0. The first-order chi connectivity index (χ1) is 31.5. The highest BCUT2D eigenvalue weighted by Crippen LogP contribution is 2.33. The maximum atomic E-state index is 13.0. The highest BCUT2D eigenvalue weighted by atomic mass is 32.2. The molecule has 26 heteroatoms. The van der Waals surface area contributed by atoms with E-state index in [4.69, 9.17) is 39.3 Å². The SMILES string of the molecule is CC(=O)N[C@@H]1[C@@H](O[C@H](C)C(=O)N[C@@H](C)C(=O)N[C@@H](CCC(=O)O)C(N)=O)[C@H](O)[C@@H](CNC(=O)CCOCCOCCOCCOCCNC(=O)CCCC[C@@H]2SC[C@@H]3NC(=O)N[C@@H]32)O[C@H]1O. The Hall–Kier alpha value is -4.41. The van der Waals surface area contributed by atoms with Crippen LogP contribution in [-0.2, 0) is 62.0 Å². The van der Waals surface area contributed by atoms with E-state index in [0.29, 0.717) is 51.2 Å². The predicted octanol–water partition coefficient (Wildman–Crippen LogP) is -3.90. The normalized spacial score (nSPS) is 24.7. The van der Waals surface area contributed by atoms with E-state index in [-0.39, 0.29) is 63.2 Å². The van der Waals surface area contributed by atoms with Crippen LogP contribution in [0.25, 0.3) is 0 Å². The topological polar surface area (TPSA) is 363 Å². The van der Waals surface area contributed by atoms with Gasteiger partial charge in [0.05, 0.1) is 64.9 Å². The lowest BCUT2D eigenvalue weighted by Crippen LogP contribution is -2.66. The van der Waals surface area contributed by atoms with E-state index in [9.17, 15) is 48.6 Å². The van der Waals surface area contributed by atoms with Gasteiger partial charge >= 0.3 is 12.0 Å². The number of nitrogens with one attached hydrogen (secondary N) is 7. The van der Waals surface area contributed by atoms with Crippen molar-refractivity contribution < 1.29 is 82.1 Å². The summed E-state index contributed by atoms with van der Waals surface area (Å²) in [6.45, 7) is 6.05. The average molecular weight is 965 g/mol. The van der Waals surface area contributed by atoms with Crippen LogP contribution in [0.1, 0.15) is 65.7 Å². The highest BCUT2D eigenvalue weighted by molar-refractivity contribution is 8.00. The molecule has 3 fully saturated rings. The molecule has 0 aromatic rings. The number of aliphatic hydroxyl groups is 2. The molecule has 12 N–H and O–H groups in total. The number of fused-ring (bicyclic) bond motifs is 1. The molecule has 0 aromatic carbocycles. The van der Waals surface area contributed by atoms with E-state index in [0.717, 1.165) is 31.9 Å². The number of thioether (sulfide) groups is 1. The fourth-order valence-corrected chi connectivity index (χ4v) is 8.59. The van der Waals surface area contributed by atoms with Gasteiger partial charge in [0.1, 0.15) is 42.5 Å². The summed E-state index contributed by atoms with van der Waals surface area (Å²) in [6.07, 6.45) is -5.04. The molecule has 66 heavy (non-hydrogen) atoms. The van der Waals surface area contributed by atoms with Gasteiger partial charge in [0.2, 0.25) is 35.4 Å². The van der Waals surface area contributed by atoms with Crippen LogP contribution in [0.4, 0.5) is 4.79 Å². The van der Waals surface area contributed by atoms with Gasteiger partial charge in [-0.15, -0.1) is 0 Å². The first-order valence-electron chi connectivity index (χ1n) is 22.1. The first-order valence-corrected chi connectivity index (χ1v) is 23.1. The van der Waals surface area contributed by atoms with Crippen LogP contribution >= 0.6 is 11.8 Å². The van der Waals surface area contributed by atoms with E-state index < -0.39 is 90.8 Å². The van der Waals surface area contributed by atoms with Crippen LogP contribution in [0.3, 0.4) is 0 Å². The van der Waals surface area contributed by atoms with E-state index >= 15 is 0 Å². The van der Waals surface area contributed by atoms with Crippen LogP contribution in [0, 0.1) is 0 Å². The van der Waals surface area contributed by atoms with Crippen molar-refractivity contribution in [3.05, 3.63) is 0 Å². The van der Waals surface area contributed by atoms with Crippen molar-refractivity contribution in [2.24, 2.45) is 5.73 Å². The van der Waals surface area contributed by atoms with Gasteiger partial charge in [-0.25, -0.2) is 4.79 Å². The number of unbranched alkanes of at least 4 members (excludes halogenated alkanes) is 1. The fourth-order valence-electron chi connectivity index (χ4n) is 7.05. The molecule has 376 valence electrons. The number of aliphatic carboxylic acids is 1. The number of nitrogens with two attached hydrogens (primary N) is 1. The van der Waals surface area contributed by atoms with E-state index in [1.165, 1.54) is 13.8 Å². The van der Waals surface area contributed by atoms with E-state index in [2.05, 4.69) is 37.2 Å². The number of rotatable bonds is 33. The second-order valence-electron chi connectivity index (χ2n) is 15.9. The van der Waals surface area contributed by atoms with Gasteiger partial charge in [0, 0.05) is 50.3 Å². The smallest absolute Gasteiger partial charge is 0.315 e. The molecule has 3 aliphatic heterocycles. The number of primary amides is 1. The number of carbonyl (C=O) groups is 8. The van der Waals surface area contributed by atoms with Crippen molar-refractivity contribution >= 4 is 59.2 Å². The number of amides is 8. The van der Waals surface area contributed by atoms with Crippen molar-refractivity contribution in [1.29, 1.82) is 0 Å². The summed E-state index contributed by atoms with van der Waals surface area (Å²) in [4.78, 5) is 96.2. The Kier molecular flexibility index (Phi) is 25.5. The lowest BCUT2D eigenvalue weighted by molar-refractivity contribution is -0.259. The Balaban J connectivity index is 1.21. The van der Waals surface area contributed by atoms with Crippen LogP contribution in [-0.4, -0.2) is 201 Å². The Labute approximate surface area is 387 Å². The second-order valence-corrected chi connectivity index (χ2v) is 17.1. The highest BCUT2D eigenvalue weighted by Gasteiger charge is 2.47. The van der Waals surface area contributed by atoms with Gasteiger partial charge in [-0.2, -0.15) is 11.8 Å². The van der Waals surface area contributed by atoms with Crippen LogP contribution in [0.2, 0.25) is 0 Å². The molecule has 0 aromatic heterocycles. The van der Waals surface area contributed by atoms with Crippen molar-refractivity contribution in [1.82, 2.24) is 37.2 Å². The van der Waals surface area contributed by atoms with Crippen molar-refractivity contribution in [3.8, 4) is 0 Å². The molecule has 3 aliphatic rings. The average Bonchev–Trinajstić information content (AvgIpc) is 3.82. The minimum Gasteiger partial charge on any atom is -0.481 e. The Morgan fingerprint density at radius 1 is 0.833 bits per heavy atom. The molecule has 8 amide bonds. The first kappa shape index (κ1) is 55.9. The summed E-state index contributed by atoms with van der Waals surface area (Å²) in [5, 5.41) is 49.5. The molecule has 0 radical (unpaired) electrons. The predicted molar refractivity (Wildman–Crippen MR) is 232 cm³/mol. The standard InChI is InChI=1S/C40H68N8O17S/c1-22(37(56)46-25(36(41)55)8-9-31(52)53)44-38(57)23(2)64-35-33(45-24(3)49)39(58)65-27(34(35)54)20-43-30(51)10-12-60-14-16-62-18-19-63-17-15-61-13-11-42-29(50)7-5-4-6-28-32-26(21-66-28)47-40(59)48-32/h22-23,25-28,32-35,39,54,58H,4-21H2,1-3H3,(H2,41,55)(H,42,50)(H,43,51)(H,44,57)(H,45,49)(H,46,56)(H,52,53)(H2,47,48,59)/t22-,23+,25-,26-,27+,28-,32-,33+,34+,35+,39+/m0/s1. The maximum Gasteiger partial charge on any atom is 0.315 e. The third-order valence-corrected chi connectivity index (χ3v) is 12.1. The number of hydrogen-bond acceptors (Lipinski definition) is 17. The fraction of sp³-hybridized carbons (Fsp3) is 0.800. The summed E-state index contributed by atoms with van der Waals surface area (Å²) in [6, 6.07) is -3.61. The van der Waals surface area contributed by atoms with Crippen LogP contribution < -0.4 is 43.0 Å². The Morgan fingerprint density at radius 2 is 1.47 bits per heavy atom. The third kappa shape index (κ3) is 20.6. The lowest BCUT2D eigenvalue weighted by Gasteiger charge is -2.43. The molecule has 11 atom stereocenters. The van der Waals surface area contributed by atoms with Crippen molar-refractivity contribution in [2.45, 2.75) is 132 Å². The van der Waals surface area contributed by atoms with Gasteiger partial charge in [-0.3, -0.25) is 33.6 Å². The minimum absolute atomic E-state index is 0.0173. The zero-order chi connectivity index (χ0) is 48.6. The van der Waals surface area contributed by atoms with Crippen molar-refractivity contribution in [2.75, 3.05) is 71.7 Å². The van der Waals surface area contributed by atoms with E-state index in [1.807, 2.05) is 11.8 Å². The lowest BCUT2D eigenvalue weighted by atomic mass is 9.95. The van der Waals surface area contributed by atoms with Gasteiger partial charge < -0.3 is 86.7 Å². The second kappa shape index (κ2) is 30.1. The van der Waals surface area contributed by atoms with Gasteiger partial charge in [0.15, 0.2) is 6.29 Å². The van der Waals surface area contributed by atoms with Crippen LogP contribution in [0.15, 0.2) is 0 Å². The number of urea groups is 1. The molecular weight excluding hydrogens is 897 g/mol. The molecular formula is C40H68N8O17S. The van der Waals surface area contributed by atoms with Crippen molar-refractivity contribution in [3.63, 3.8) is 0 Å². The number of carbonyl (C=O) groups excluding carboxylic acids is 7. The Bertz CT molecular complexity index is 1600. The molecule has 0 unspecified atom stereocenters. The molecule has 0 bridgehead atoms. The third-order valence-electron chi connectivity index (χ3n) is 10.6. The minimum atomic E-state index is -1.73. The summed E-state index contributed by atoms with van der Waals surface area (Å²) in [5.41, 5.74) is 5.25.